The van der Waals surface area contributed by atoms with E-state index in [-0.39, 0.29) is 22.7 Å². The van der Waals surface area contributed by atoms with E-state index in [1.165, 1.54) is 18.2 Å². The van der Waals surface area contributed by atoms with Gasteiger partial charge in [0.1, 0.15) is 17.3 Å². The lowest BCUT2D eigenvalue weighted by atomic mass is 10.1. The summed E-state index contributed by atoms with van der Waals surface area (Å²) in [6.07, 6.45) is 0. The van der Waals surface area contributed by atoms with E-state index in [9.17, 15) is 9.90 Å². The molecule has 0 bridgehead atoms. The smallest absolute Gasteiger partial charge is 0.344 e. The van der Waals surface area contributed by atoms with Crippen LogP contribution in [-0.4, -0.2) is 16.9 Å². The first-order valence-corrected chi connectivity index (χ1v) is 6.93. The van der Waals surface area contributed by atoms with E-state index < -0.39 is 5.97 Å². The minimum atomic E-state index is -0.634. The summed E-state index contributed by atoms with van der Waals surface area (Å²) in [4.78, 5) is 12.3. The third-order valence-electron chi connectivity index (χ3n) is 3.44. The Labute approximate surface area is 132 Å². The third-order valence-corrected chi connectivity index (χ3v) is 3.44. The summed E-state index contributed by atoms with van der Waals surface area (Å²) in [7, 11) is 0. The number of phenolic OH excluding ortho intramolecular Hbond substituents is 1. The van der Waals surface area contributed by atoms with Gasteiger partial charge in [-0.1, -0.05) is 30.3 Å². The Hall–Kier alpha value is -3.34. The number of aromatic hydroxyl groups is 1. The molecule has 0 aliphatic rings. The van der Waals surface area contributed by atoms with E-state index in [1.807, 2.05) is 30.3 Å². The fourth-order valence-electron chi connectivity index (χ4n) is 2.33. The van der Waals surface area contributed by atoms with Crippen LogP contribution in [0.5, 0.6) is 11.5 Å². The highest BCUT2D eigenvalue weighted by atomic mass is 16.5. The van der Waals surface area contributed by atoms with Crippen molar-refractivity contribution in [1.29, 1.82) is 5.41 Å². The van der Waals surface area contributed by atoms with Crippen LogP contribution in [0.4, 0.5) is 0 Å². The molecule has 0 heterocycles. The molecular weight excluding hydrogens is 292 g/mol. The SMILES string of the molecule is N=C(N)c1cc(O)ccc1C(=O)Oc1ccc2ccccc2c1. The Bertz CT molecular complexity index is 919. The molecule has 0 aromatic heterocycles. The van der Waals surface area contributed by atoms with E-state index in [4.69, 9.17) is 15.9 Å². The van der Waals surface area contributed by atoms with Gasteiger partial charge >= 0.3 is 5.97 Å². The van der Waals surface area contributed by atoms with Crippen molar-refractivity contribution in [3.05, 3.63) is 71.8 Å². The second kappa shape index (κ2) is 5.81. The maximum absolute atomic E-state index is 12.3. The molecule has 0 atom stereocenters. The number of nitrogens with two attached hydrogens (primary N) is 1. The van der Waals surface area contributed by atoms with Crippen molar-refractivity contribution < 1.29 is 14.6 Å². The first kappa shape index (κ1) is 14.6. The summed E-state index contributed by atoms with van der Waals surface area (Å²) in [6.45, 7) is 0. The fourth-order valence-corrected chi connectivity index (χ4v) is 2.33. The van der Waals surface area contributed by atoms with Crippen molar-refractivity contribution in [2.45, 2.75) is 0 Å². The van der Waals surface area contributed by atoms with Gasteiger partial charge < -0.3 is 15.6 Å². The van der Waals surface area contributed by atoms with Crippen LogP contribution < -0.4 is 10.5 Å². The molecule has 3 aromatic carbocycles. The zero-order valence-corrected chi connectivity index (χ0v) is 12.1. The largest absolute Gasteiger partial charge is 0.508 e. The maximum atomic E-state index is 12.3. The highest BCUT2D eigenvalue weighted by molar-refractivity contribution is 6.06. The van der Waals surface area contributed by atoms with Gasteiger partial charge in [-0.05, 0) is 41.1 Å². The van der Waals surface area contributed by atoms with Gasteiger partial charge in [0.05, 0.1) is 5.56 Å². The molecule has 114 valence electrons. The number of ether oxygens (including phenoxy) is 1. The monoisotopic (exact) mass is 306 g/mol. The van der Waals surface area contributed by atoms with Crippen LogP contribution in [0.2, 0.25) is 0 Å². The van der Waals surface area contributed by atoms with Gasteiger partial charge in [0.2, 0.25) is 0 Å². The molecule has 0 aliphatic carbocycles. The highest BCUT2D eigenvalue weighted by Crippen LogP contribution is 2.23. The highest BCUT2D eigenvalue weighted by Gasteiger charge is 2.16. The lowest BCUT2D eigenvalue weighted by molar-refractivity contribution is 0.0735. The van der Waals surface area contributed by atoms with Gasteiger partial charge in [-0.3, -0.25) is 5.41 Å². The van der Waals surface area contributed by atoms with Crippen LogP contribution in [-0.2, 0) is 0 Å². The molecule has 4 N–H and O–H groups in total. The van der Waals surface area contributed by atoms with Gasteiger partial charge in [0.25, 0.3) is 0 Å². The molecule has 0 fully saturated rings. The van der Waals surface area contributed by atoms with E-state index in [0.717, 1.165) is 10.8 Å². The fraction of sp³-hybridized carbons (Fsp3) is 0. The van der Waals surface area contributed by atoms with Gasteiger partial charge in [0.15, 0.2) is 0 Å². The number of carbonyl (C=O) groups is 1. The summed E-state index contributed by atoms with van der Waals surface area (Å²) in [6, 6.07) is 17.1. The molecular formula is C18H14N2O3. The average molecular weight is 306 g/mol. The number of hydrogen-bond donors (Lipinski definition) is 3. The van der Waals surface area contributed by atoms with Gasteiger partial charge in [-0.2, -0.15) is 0 Å². The zero-order valence-electron chi connectivity index (χ0n) is 12.1. The topological polar surface area (TPSA) is 96.4 Å². The normalized spacial score (nSPS) is 10.4. The number of phenols is 1. The first-order chi connectivity index (χ1) is 11.0. The van der Waals surface area contributed by atoms with Crippen molar-refractivity contribution in [2.75, 3.05) is 0 Å². The minimum absolute atomic E-state index is 0.0718. The molecule has 0 radical (unpaired) electrons. The number of hydrogen-bond acceptors (Lipinski definition) is 4. The van der Waals surface area contributed by atoms with Crippen molar-refractivity contribution in [2.24, 2.45) is 5.73 Å². The standard InChI is InChI=1S/C18H14N2O3/c19-17(20)16-10-13(21)6-8-15(16)18(22)23-14-7-5-11-3-1-2-4-12(11)9-14/h1-10,21H,(H3,19,20). The van der Waals surface area contributed by atoms with E-state index in [2.05, 4.69) is 0 Å². The number of benzene rings is 3. The predicted octanol–water partition coefficient (Wildman–Crippen LogP) is 3.05. The second-order valence-corrected chi connectivity index (χ2v) is 5.04. The van der Waals surface area contributed by atoms with Gasteiger partial charge in [-0.25, -0.2) is 4.79 Å². The Morgan fingerprint density at radius 1 is 0.957 bits per heavy atom. The Kier molecular flexibility index (Phi) is 3.68. The third kappa shape index (κ3) is 2.98. The van der Waals surface area contributed by atoms with Crippen molar-refractivity contribution in [1.82, 2.24) is 0 Å². The van der Waals surface area contributed by atoms with E-state index >= 15 is 0 Å². The van der Waals surface area contributed by atoms with Crippen LogP contribution in [0.1, 0.15) is 15.9 Å². The molecule has 23 heavy (non-hydrogen) atoms. The van der Waals surface area contributed by atoms with Crippen molar-refractivity contribution in [3.63, 3.8) is 0 Å². The summed E-state index contributed by atoms with van der Waals surface area (Å²) >= 11 is 0. The summed E-state index contributed by atoms with van der Waals surface area (Å²) in [5.41, 5.74) is 5.72. The molecule has 5 heteroatoms. The zero-order chi connectivity index (χ0) is 16.4. The molecule has 5 nitrogen and oxygen atoms in total. The molecule has 0 amide bonds. The predicted molar refractivity (Wildman–Crippen MR) is 88.0 cm³/mol. The van der Waals surface area contributed by atoms with Crippen LogP contribution in [0, 0.1) is 5.41 Å². The van der Waals surface area contributed by atoms with Crippen LogP contribution in [0.3, 0.4) is 0 Å². The number of esters is 1. The Morgan fingerprint density at radius 3 is 2.43 bits per heavy atom. The Balaban J connectivity index is 1.93. The molecule has 3 aromatic rings. The van der Waals surface area contributed by atoms with Gasteiger partial charge in [-0.15, -0.1) is 0 Å². The first-order valence-electron chi connectivity index (χ1n) is 6.93. The van der Waals surface area contributed by atoms with Crippen LogP contribution in [0.15, 0.2) is 60.7 Å². The quantitative estimate of drug-likeness (QED) is 0.300. The van der Waals surface area contributed by atoms with Crippen molar-refractivity contribution >= 4 is 22.6 Å². The minimum Gasteiger partial charge on any atom is -0.508 e. The molecule has 0 aliphatic heterocycles. The summed E-state index contributed by atoms with van der Waals surface area (Å²) in [5, 5.41) is 19.0. The summed E-state index contributed by atoms with van der Waals surface area (Å²) in [5.74, 6) is -0.620. The van der Waals surface area contributed by atoms with Crippen molar-refractivity contribution in [3.8, 4) is 11.5 Å². The number of fused-ring (bicyclic) bond motifs is 1. The molecule has 3 rings (SSSR count). The molecule has 0 saturated heterocycles. The van der Waals surface area contributed by atoms with E-state index in [1.54, 1.807) is 12.1 Å². The molecule has 0 saturated carbocycles. The number of nitrogens with one attached hydrogen (secondary N) is 1. The van der Waals surface area contributed by atoms with E-state index in [0.29, 0.717) is 5.75 Å². The lowest BCUT2D eigenvalue weighted by Crippen LogP contribution is -2.19. The summed E-state index contributed by atoms with van der Waals surface area (Å²) < 4.78 is 5.37. The van der Waals surface area contributed by atoms with Crippen LogP contribution >= 0.6 is 0 Å². The molecule has 0 unspecified atom stereocenters. The Morgan fingerprint density at radius 2 is 1.70 bits per heavy atom. The number of carbonyl (C=O) groups excluding carboxylic acids is 1. The molecule has 0 spiro atoms. The maximum Gasteiger partial charge on any atom is 0.344 e. The number of rotatable bonds is 3. The van der Waals surface area contributed by atoms with Crippen LogP contribution in [0.25, 0.3) is 10.8 Å². The second-order valence-electron chi connectivity index (χ2n) is 5.04. The number of nitrogen functional groups attached to an aromatic ring is 1. The number of amidine groups is 1. The average Bonchev–Trinajstić information content (AvgIpc) is 2.54. The van der Waals surface area contributed by atoms with Gasteiger partial charge in [0, 0.05) is 5.56 Å². The lowest BCUT2D eigenvalue weighted by Gasteiger charge is -2.09.